The number of hydrogen-bond donors (Lipinski definition) is 3. The first-order valence-corrected chi connectivity index (χ1v) is 8.33. The van der Waals surface area contributed by atoms with Crippen molar-refractivity contribution in [1.29, 1.82) is 0 Å². The summed E-state index contributed by atoms with van der Waals surface area (Å²) in [5.74, 6) is 0.995. The monoisotopic (exact) mass is 473 g/mol. The van der Waals surface area contributed by atoms with Crippen LogP contribution in [0.5, 0.6) is 11.5 Å². The van der Waals surface area contributed by atoms with Gasteiger partial charge in [-0.25, -0.2) is 9.38 Å². The molecule has 0 radical (unpaired) electrons. The molecule has 7 heteroatoms. The van der Waals surface area contributed by atoms with E-state index < -0.39 is 0 Å². The van der Waals surface area contributed by atoms with E-state index in [0.29, 0.717) is 31.4 Å². The average Bonchev–Trinajstić information content (AvgIpc) is 2.61. The Kier molecular flexibility index (Phi) is 9.79. The normalized spacial score (nSPS) is 10.8. The van der Waals surface area contributed by atoms with Crippen LogP contribution in [-0.2, 0) is 13.1 Å². The van der Waals surface area contributed by atoms with Crippen molar-refractivity contribution >= 4 is 29.9 Å². The number of rotatable bonds is 7. The molecule has 0 saturated heterocycles. The molecule has 0 fully saturated rings. The van der Waals surface area contributed by atoms with Gasteiger partial charge in [0.25, 0.3) is 0 Å². The van der Waals surface area contributed by atoms with E-state index in [9.17, 15) is 9.50 Å². The highest BCUT2D eigenvalue weighted by Crippen LogP contribution is 2.27. The van der Waals surface area contributed by atoms with Gasteiger partial charge in [0.2, 0.25) is 0 Å². The third-order valence-electron chi connectivity index (χ3n) is 3.46. The number of aromatic hydroxyl groups is 1. The lowest BCUT2D eigenvalue weighted by Gasteiger charge is -2.12. The van der Waals surface area contributed by atoms with Crippen LogP contribution in [0.1, 0.15) is 25.0 Å². The molecule has 0 bridgehead atoms. The topological polar surface area (TPSA) is 65.9 Å². The Morgan fingerprint density at radius 1 is 1.08 bits per heavy atom. The van der Waals surface area contributed by atoms with Crippen LogP contribution >= 0.6 is 24.0 Å². The summed E-state index contributed by atoms with van der Waals surface area (Å²) in [7, 11) is 0. The van der Waals surface area contributed by atoms with Gasteiger partial charge in [0, 0.05) is 13.1 Å². The molecule has 2 rings (SSSR count). The Bertz CT molecular complexity index is 708. The molecule has 0 aliphatic rings. The van der Waals surface area contributed by atoms with Gasteiger partial charge in [-0.05, 0) is 49.2 Å². The number of benzene rings is 2. The van der Waals surface area contributed by atoms with Crippen LogP contribution < -0.4 is 15.4 Å². The van der Waals surface area contributed by atoms with Crippen molar-refractivity contribution in [2.75, 3.05) is 13.2 Å². The summed E-state index contributed by atoms with van der Waals surface area (Å²) in [6.07, 6.45) is 0. The van der Waals surface area contributed by atoms with Crippen LogP contribution in [-0.4, -0.2) is 24.2 Å². The minimum Gasteiger partial charge on any atom is -0.504 e. The van der Waals surface area contributed by atoms with Gasteiger partial charge in [-0.15, -0.1) is 24.0 Å². The predicted molar refractivity (Wildman–Crippen MR) is 113 cm³/mol. The van der Waals surface area contributed by atoms with Crippen molar-refractivity contribution in [1.82, 2.24) is 10.6 Å². The number of nitrogens with zero attached hydrogens (tertiary/aromatic N) is 1. The molecule has 0 atom stereocenters. The second kappa shape index (κ2) is 11.6. The van der Waals surface area contributed by atoms with Gasteiger partial charge >= 0.3 is 0 Å². The average molecular weight is 473 g/mol. The summed E-state index contributed by atoms with van der Waals surface area (Å²) >= 11 is 0. The first-order valence-electron chi connectivity index (χ1n) is 8.33. The Morgan fingerprint density at radius 3 is 2.42 bits per heavy atom. The van der Waals surface area contributed by atoms with Crippen LogP contribution in [0.15, 0.2) is 47.5 Å². The van der Waals surface area contributed by atoms with E-state index in [4.69, 9.17) is 4.74 Å². The fourth-order valence-corrected chi connectivity index (χ4v) is 2.23. The number of hydrogen-bond acceptors (Lipinski definition) is 3. The van der Waals surface area contributed by atoms with Crippen molar-refractivity contribution in [3.8, 4) is 11.5 Å². The Morgan fingerprint density at radius 2 is 1.77 bits per heavy atom. The zero-order valence-electron chi connectivity index (χ0n) is 15.0. The molecule has 2 aromatic rings. The van der Waals surface area contributed by atoms with E-state index in [2.05, 4.69) is 15.6 Å². The summed E-state index contributed by atoms with van der Waals surface area (Å²) in [4.78, 5) is 4.53. The van der Waals surface area contributed by atoms with Crippen LogP contribution in [0.3, 0.4) is 0 Å². The summed E-state index contributed by atoms with van der Waals surface area (Å²) in [6.45, 7) is 6.07. The minimum absolute atomic E-state index is 0. The third kappa shape index (κ3) is 7.07. The zero-order chi connectivity index (χ0) is 18.1. The molecule has 5 nitrogen and oxygen atoms in total. The minimum atomic E-state index is -0.248. The molecule has 0 aliphatic heterocycles. The second-order valence-electron chi connectivity index (χ2n) is 5.41. The van der Waals surface area contributed by atoms with Gasteiger partial charge in [-0.3, -0.25) is 0 Å². The summed E-state index contributed by atoms with van der Waals surface area (Å²) in [5.41, 5.74) is 1.90. The highest BCUT2D eigenvalue weighted by molar-refractivity contribution is 14.0. The number of aliphatic imine (C=N–C) groups is 1. The number of nitrogens with one attached hydrogen (secondary N) is 2. The molecule has 0 spiro atoms. The third-order valence-corrected chi connectivity index (χ3v) is 3.46. The first-order chi connectivity index (χ1) is 12.1. The van der Waals surface area contributed by atoms with E-state index in [1.54, 1.807) is 24.3 Å². The molecule has 2 aromatic carbocycles. The number of halogens is 2. The molecule has 26 heavy (non-hydrogen) atoms. The zero-order valence-corrected chi connectivity index (χ0v) is 17.3. The van der Waals surface area contributed by atoms with Gasteiger partial charge in [-0.2, -0.15) is 0 Å². The Balaban J connectivity index is 0.00000338. The van der Waals surface area contributed by atoms with E-state index in [0.717, 1.165) is 17.7 Å². The first kappa shape index (κ1) is 22.0. The number of guanidine groups is 1. The van der Waals surface area contributed by atoms with Crippen molar-refractivity contribution in [2.45, 2.75) is 26.9 Å². The van der Waals surface area contributed by atoms with Crippen molar-refractivity contribution in [3.63, 3.8) is 0 Å². The van der Waals surface area contributed by atoms with Gasteiger partial charge < -0.3 is 20.5 Å². The lowest BCUT2D eigenvalue weighted by atomic mass is 10.2. The maximum absolute atomic E-state index is 12.9. The number of phenolic OH excluding ortho intramolecular Hbond substituents is 1. The van der Waals surface area contributed by atoms with Crippen LogP contribution in [0.4, 0.5) is 4.39 Å². The fraction of sp³-hybridized carbons (Fsp3) is 0.316. The van der Waals surface area contributed by atoms with Crippen LogP contribution in [0.2, 0.25) is 0 Å². The molecule has 3 N–H and O–H groups in total. The molecule has 0 saturated carbocycles. The highest BCUT2D eigenvalue weighted by atomic mass is 127. The van der Waals surface area contributed by atoms with Gasteiger partial charge in [0.15, 0.2) is 17.5 Å². The quantitative estimate of drug-likeness (QED) is 0.325. The molecule has 0 aromatic heterocycles. The van der Waals surface area contributed by atoms with Crippen LogP contribution in [0, 0.1) is 5.82 Å². The predicted octanol–water partition coefficient (Wildman–Crippen LogP) is 3.80. The molecular formula is C19H25FIN3O2. The van der Waals surface area contributed by atoms with Crippen molar-refractivity contribution in [2.24, 2.45) is 4.99 Å². The second-order valence-corrected chi connectivity index (χ2v) is 5.41. The molecule has 142 valence electrons. The van der Waals surface area contributed by atoms with Gasteiger partial charge in [0.05, 0.1) is 13.2 Å². The summed E-state index contributed by atoms with van der Waals surface area (Å²) in [6, 6.07) is 11.5. The smallest absolute Gasteiger partial charge is 0.191 e. The van der Waals surface area contributed by atoms with Crippen molar-refractivity contribution in [3.05, 3.63) is 59.4 Å². The molecule has 0 unspecified atom stereocenters. The lowest BCUT2D eigenvalue weighted by Crippen LogP contribution is -2.36. The van der Waals surface area contributed by atoms with Gasteiger partial charge in [0.1, 0.15) is 5.82 Å². The van der Waals surface area contributed by atoms with E-state index >= 15 is 0 Å². The van der Waals surface area contributed by atoms with E-state index in [1.807, 2.05) is 19.9 Å². The Labute approximate surface area is 170 Å². The van der Waals surface area contributed by atoms with Gasteiger partial charge in [-0.1, -0.05) is 18.2 Å². The molecular weight excluding hydrogens is 448 g/mol. The molecule has 0 amide bonds. The standard InChI is InChI=1S/C19H24FN3O2.HI/c1-3-21-19(22-12-14-5-8-16(20)9-6-14)23-13-15-7-10-17(24)18(11-15)25-4-2;/h5-11,24H,3-4,12-13H2,1-2H3,(H2,21,22,23);1H. The summed E-state index contributed by atoms with van der Waals surface area (Å²) in [5, 5.41) is 16.1. The lowest BCUT2D eigenvalue weighted by molar-refractivity contribution is 0.318. The molecule has 0 heterocycles. The summed E-state index contributed by atoms with van der Waals surface area (Å²) < 4.78 is 18.3. The van der Waals surface area contributed by atoms with Crippen LogP contribution in [0.25, 0.3) is 0 Å². The van der Waals surface area contributed by atoms with E-state index in [1.165, 1.54) is 12.1 Å². The van der Waals surface area contributed by atoms with E-state index in [-0.39, 0.29) is 35.5 Å². The van der Waals surface area contributed by atoms with Crippen molar-refractivity contribution < 1.29 is 14.2 Å². The highest BCUT2D eigenvalue weighted by Gasteiger charge is 2.04. The maximum atomic E-state index is 12.9. The molecule has 0 aliphatic carbocycles. The number of ether oxygens (including phenoxy) is 1. The fourth-order valence-electron chi connectivity index (χ4n) is 2.23. The SMILES string of the molecule is CCNC(=NCc1ccc(O)c(OCC)c1)NCc1ccc(F)cc1.I. The number of phenols is 1. The largest absolute Gasteiger partial charge is 0.504 e. The maximum Gasteiger partial charge on any atom is 0.191 e. The Hall–Kier alpha value is -2.03.